The van der Waals surface area contributed by atoms with Gasteiger partial charge in [-0.25, -0.2) is 0 Å². The van der Waals surface area contributed by atoms with E-state index in [1.165, 1.54) is 0 Å². The van der Waals surface area contributed by atoms with E-state index in [4.69, 9.17) is 16.9 Å². The first kappa shape index (κ1) is 10.9. The Morgan fingerprint density at radius 1 is 1.56 bits per heavy atom. The zero-order valence-corrected chi connectivity index (χ0v) is 5.83. The van der Waals surface area contributed by atoms with Crippen molar-refractivity contribution in [1.29, 1.82) is 5.41 Å². The van der Waals surface area contributed by atoms with Crippen molar-refractivity contribution in [2.24, 2.45) is 16.5 Å². The average Bonchev–Trinajstić information content (AvgIpc) is 1.65. The zero-order chi connectivity index (χ0) is 6.57. The van der Waals surface area contributed by atoms with Crippen molar-refractivity contribution in [3.8, 4) is 0 Å². The van der Waals surface area contributed by atoms with Crippen molar-refractivity contribution >= 4 is 24.3 Å². The van der Waals surface area contributed by atoms with Crippen LogP contribution in [0.25, 0.3) is 0 Å². The van der Waals surface area contributed by atoms with E-state index in [1.807, 2.05) is 0 Å². The van der Waals surface area contributed by atoms with Crippen LogP contribution in [-0.4, -0.2) is 19.0 Å². The predicted octanol–water partition coefficient (Wildman–Crippen LogP) is -1.16. The first-order valence-corrected chi connectivity index (χ1v) is 2.02. The lowest BCUT2D eigenvalue weighted by atomic mass is 10.9. The number of guanidine groups is 2. The molecule has 6 heteroatoms. The topological polar surface area (TPSA) is 100 Å². The highest BCUT2D eigenvalue weighted by atomic mass is 35.5. The van der Waals surface area contributed by atoms with Gasteiger partial charge in [0.15, 0.2) is 5.96 Å². The van der Waals surface area contributed by atoms with Crippen LogP contribution in [0.3, 0.4) is 0 Å². The van der Waals surface area contributed by atoms with Crippen molar-refractivity contribution in [2.45, 2.75) is 0 Å². The van der Waals surface area contributed by atoms with Crippen molar-refractivity contribution in [3.63, 3.8) is 0 Å². The lowest BCUT2D eigenvalue weighted by Crippen LogP contribution is -2.29. The summed E-state index contributed by atoms with van der Waals surface area (Å²) in [6.45, 7) is 0. The van der Waals surface area contributed by atoms with Gasteiger partial charge in [0.1, 0.15) is 0 Å². The first-order valence-electron chi connectivity index (χ1n) is 2.02. The minimum atomic E-state index is -0.295. The Morgan fingerprint density at radius 3 is 2.11 bits per heavy atom. The molecule has 0 heterocycles. The first-order chi connectivity index (χ1) is 3.66. The molecule has 54 valence electrons. The Labute approximate surface area is 59.4 Å². The minimum Gasteiger partial charge on any atom is -0.370 e. The Bertz CT molecular complexity index is 119. The molecular weight excluding hydrogens is 142 g/mol. The van der Waals surface area contributed by atoms with Gasteiger partial charge in [-0.3, -0.25) is 5.41 Å². The molecule has 0 rings (SSSR count). The molecule has 0 saturated carbocycles. The molecule has 0 aromatic heterocycles. The number of hydrogen-bond donors (Lipinski definition) is 4. The fraction of sp³-hybridized carbons (Fsp3) is 0.333. The standard InChI is InChI=1S/C3H9N5.ClH/c1-7-3(6)8-2(4)5;/h1H3,(H6,4,5,6,7,8);1H. The summed E-state index contributed by atoms with van der Waals surface area (Å²) in [5.41, 5.74) is 9.94. The Kier molecular flexibility index (Phi) is 6.27. The highest BCUT2D eigenvalue weighted by Gasteiger charge is 1.82. The lowest BCUT2D eigenvalue weighted by Gasteiger charge is -1.93. The largest absolute Gasteiger partial charge is 0.370 e. The predicted molar refractivity (Wildman–Crippen MR) is 39.8 cm³/mol. The summed E-state index contributed by atoms with van der Waals surface area (Å²) < 4.78 is 0. The summed E-state index contributed by atoms with van der Waals surface area (Å²) in [7, 11) is 1.60. The SMILES string of the molecule is CNC(N)=NC(=N)N.Cl. The molecule has 0 fully saturated rings. The van der Waals surface area contributed by atoms with E-state index in [9.17, 15) is 0 Å². The molecule has 9 heavy (non-hydrogen) atoms. The fourth-order valence-corrected chi connectivity index (χ4v) is 0.186. The number of rotatable bonds is 0. The third-order valence-electron chi connectivity index (χ3n) is 0.497. The Hall–Kier alpha value is -0.970. The van der Waals surface area contributed by atoms with Gasteiger partial charge in [-0.05, 0) is 0 Å². The van der Waals surface area contributed by atoms with Crippen LogP contribution < -0.4 is 16.8 Å². The van der Waals surface area contributed by atoms with Crippen LogP contribution in [0.2, 0.25) is 0 Å². The third-order valence-corrected chi connectivity index (χ3v) is 0.497. The number of aliphatic imine (C=N–C) groups is 1. The number of hydrogen-bond acceptors (Lipinski definition) is 1. The second-order valence-corrected chi connectivity index (χ2v) is 1.13. The summed E-state index contributed by atoms with van der Waals surface area (Å²) in [5.74, 6) is -0.144. The molecule has 0 aromatic rings. The van der Waals surface area contributed by atoms with Gasteiger partial charge >= 0.3 is 0 Å². The molecule has 0 aromatic carbocycles. The molecule has 0 bridgehead atoms. The summed E-state index contributed by atoms with van der Waals surface area (Å²) >= 11 is 0. The maximum atomic E-state index is 6.60. The lowest BCUT2D eigenvalue weighted by molar-refractivity contribution is 1.14. The van der Waals surface area contributed by atoms with Crippen molar-refractivity contribution < 1.29 is 0 Å². The molecule has 0 spiro atoms. The summed E-state index contributed by atoms with van der Waals surface area (Å²) in [4.78, 5) is 3.34. The Balaban J connectivity index is 0. The van der Waals surface area contributed by atoms with Crippen LogP contribution in [-0.2, 0) is 0 Å². The summed E-state index contributed by atoms with van der Waals surface area (Å²) in [6, 6.07) is 0. The summed E-state index contributed by atoms with van der Waals surface area (Å²) in [5, 5.41) is 9.10. The third kappa shape index (κ3) is 7.03. The highest BCUT2D eigenvalue weighted by Crippen LogP contribution is 1.60. The van der Waals surface area contributed by atoms with Gasteiger partial charge in [0.05, 0.1) is 0 Å². The molecule has 0 radical (unpaired) electrons. The fourth-order valence-electron chi connectivity index (χ4n) is 0.186. The average molecular weight is 152 g/mol. The molecule has 0 aliphatic rings. The highest BCUT2D eigenvalue weighted by molar-refractivity contribution is 5.91. The molecular formula is C3H10ClN5. The molecule has 0 saturated heterocycles. The zero-order valence-electron chi connectivity index (χ0n) is 5.01. The van der Waals surface area contributed by atoms with Crippen LogP contribution in [0.15, 0.2) is 4.99 Å². The molecule has 5 nitrogen and oxygen atoms in total. The number of nitrogens with zero attached hydrogens (tertiary/aromatic N) is 1. The quantitative estimate of drug-likeness (QED) is 0.259. The van der Waals surface area contributed by atoms with E-state index in [0.29, 0.717) is 0 Å². The molecule has 0 atom stereocenters. The van der Waals surface area contributed by atoms with E-state index in [-0.39, 0.29) is 24.3 Å². The Morgan fingerprint density at radius 2 is 2.00 bits per heavy atom. The molecule has 0 aliphatic heterocycles. The molecule has 0 aliphatic carbocycles. The van der Waals surface area contributed by atoms with E-state index < -0.39 is 0 Å². The van der Waals surface area contributed by atoms with E-state index in [2.05, 4.69) is 10.3 Å². The van der Waals surface area contributed by atoms with Gasteiger partial charge in [-0.15, -0.1) is 12.4 Å². The second kappa shape index (κ2) is 5.17. The summed E-state index contributed by atoms with van der Waals surface area (Å²) in [6.07, 6.45) is 0. The molecule has 0 unspecified atom stereocenters. The van der Waals surface area contributed by atoms with Crippen molar-refractivity contribution in [2.75, 3.05) is 7.05 Å². The van der Waals surface area contributed by atoms with Crippen LogP contribution in [0.1, 0.15) is 0 Å². The number of halogens is 1. The van der Waals surface area contributed by atoms with E-state index in [0.717, 1.165) is 0 Å². The van der Waals surface area contributed by atoms with Crippen LogP contribution >= 0.6 is 12.4 Å². The maximum Gasteiger partial charge on any atom is 0.215 e. The number of nitrogens with two attached hydrogens (primary N) is 2. The van der Waals surface area contributed by atoms with Gasteiger partial charge in [0.2, 0.25) is 5.96 Å². The second-order valence-electron chi connectivity index (χ2n) is 1.13. The van der Waals surface area contributed by atoms with Gasteiger partial charge < -0.3 is 16.8 Å². The normalized spacial score (nSPS) is 9.67. The smallest absolute Gasteiger partial charge is 0.215 e. The van der Waals surface area contributed by atoms with Crippen LogP contribution in [0.4, 0.5) is 0 Å². The minimum absolute atomic E-state index is 0. The maximum absolute atomic E-state index is 6.60. The van der Waals surface area contributed by atoms with E-state index >= 15 is 0 Å². The van der Waals surface area contributed by atoms with Crippen molar-refractivity contribution in [1.82, 2.24) is 5.32 Å². The van der Waals surface area contributed by atoms with Gasteiger partial charge in [-0.1, -0.05) is 0 Å². The number of nitrogens with one attached hydrogen (secondary N) is 2. The van der Waals surface area contributed by atoms with Gasteiger partial charge in [0, 0.05) is 7.05 Å². The molecule has 6 N–H and O–H groups in total. The van der Waals surface area contributed by atoms with Crippen molar-refractivity contribution in [3.05, 3.63) is 0 Å². The van der Waals surface area contributed by atoms with Crippen LogP contribution in [0, 0.1) is 5.41 Å². The van der Waals surface area contributed by atoms with E-state index in [1.54, 1.807) is 7.05 Å². The van der Waals surface area contributed by atoms with Crippen LogP contribution in [0.5, 0.6) is 0 Å². The van der Waals surface area contributed by atoms with Gasteiger partial charge in [-0.2, -0.15) is 4.99 Å². The van der Waals surface area contributed by atoms with Gasteiger partial charge in [0.25, 0.3) is 0 Å². The monoisotopic (exact) mass is 151 g/mol. The molecule has 0 amide bonds.